The zero-order valence-electron chi connectivity index (χ0n) is 12.1. The maximum atomic E-state index is 11.9. The first kappa shape index (κ1) is 15.1. The Morgan fingerprint density at radius 3 is 2.43 bits per heavy atom. The number of hydrogen-bond donors (Lipinski definition) is 2. The molecule has 0 spiro atoms. The van der Waals surface area contributed by atoms with E-state index in [2.05, 4.69) is 5.32 Å². The second-order valence-electron chi connectivity index (χ2n) is 4.84. The molecule has 1 amide bonds. The minimum atomic E-state index is -0.144. The molecule has 2 aromatic carbocycles. The first-order valence-electron chi connectivity index (χ1n) is 6.95. The smallest absolute Gasteiger partial charge is 0.258 e. The molecule has 4 heteroatoms. The van der Waals surface area contributed by atoms with Crippen molar-refractivity contribution in [1.29, 1.82) is 0 Å². The van der Waals surface area contributed by atoms with Crippen LogP contribution in [0.1, 0.15) is 24.1 Å². The van der Waals surface area contributed by atoms with E-state index in [1.165, 1.54) is 0 Å². The van der Waals surface area contributed by atoms with Gasteiger partial charge in [0.05, 0.1) is 6.04 Å². The number of ether oxygens (including phenoxy) is 1. The maximum absolute atomic E-state index is 11.9. The average Bonchev–Trinajstić information content (AvgIpc) is 2.54. The van der Waals surface area contributed by atoms with Gasteiger partial charge in [-0.3, -0.25) is 4.79 Å². The molecular formula is C17H20N2O2. The SMILES string of the molecule is C[C@H](NC(=O)COc1ccc(CN)cc1)c1ccccc1. The van der Waals surface area contributed by atoms with Crippen molar-refractivity contribution in [2.45, 2.75) is 19.5 Å². The number of benzene rings is 2. The third-order valence-electron chi connectivity index (χ3n) is 3.21. The predicted molar refractivity (Wildman–Crippen MR) is 82.8 cm³/mol. The van der Waals surface area contributed by atoms with Crippen molar-refractivity contribution in [1.82, 2.24) is 5.32 Å². The molecule has 0 saturated heterocycles. The number of carbonyl (C=O) groups is 1. The standard InChI is InChI=1S/C17H20N2O2/c1-13(15-5-3-2-4-6-15)19-17(20)12-21-16-9-7-14(11-18)8-10-16/h2-10,13H,11-12,18H2,1H3,(H,19,20)/t13-/m0/s1. The zero-order chi connectivity index (χ0) is 15.1. The second-order valence-corrected chi connectivity index (χ2v) is 4.84. The highest BCUT2D eigenvalue weighted by atomic mass is 16.5. The summed E-state index contributed by atoms with van der Waals surface area (Å²) in [6.07, 6.45) is 0. The molecule has 0 aromatic heterocycles. The summed E-state index contributed by atoms with van der Waals surface area (Å²) >= 11 is 0. The van der Waals surface area contributed by atoms with Gasteiger partial charge in [-0.2, -0.15) is 0 Å². The lowest BCUT2D eigenvalue weighted by molar-refractivity contribution is -0.123. The average molecular weight is 284 g/mol. The molecule has 21 heavy (non-hydrogen) atoms. The molecular weight excluding hydrogens is 264 g/mol. The van der Waals surface area contributed by atoms with Gasteiger partial charge < -0.3 is 15.8 Å². The summed E-state index contributed by atoms with van der Waals surface area (Å²) < 4.78 is 5.45. The van der Waals surface area contributed by atoms with E-state index in [0.29, 0.717) is 12.3 Å². The zero-order valence-corrected chi connectivity index (χ0v) is 12.1. The molecule has 0 radical (unpaired) electrons. The van der Waals surface area contributed by atoms with Crippen LogP contribution < -0.4 is 15.8 Å². The summed E-state index contributed by atoms with van der Waals surface area (Å²) in [6, 6.07) is 17.2. The normalized spacial score (nSPS) is 11.7. The highest BCUT2D eigenvalue weighted by Crippen LogP contribution is 2.13. The fourth-order valence-corrected chi connectivity index (χ4v) is 1.98. The van der Waals surface area contributed by atoms with Gasteiger partial charge in [0.2, 0.25) is 0 Å². The number of nitrogens with one attached hydrogen (secondary N) is 1. The Morgan fingerprint density at radius 2 is 1.81 bits per heavy atom. The van der Waals surface area contributed by atoms with Crippen molar-refractivity contribution in [2.75, 3.05) is 6.61 Å². The molecule has 110 valence electrons. The minimum Gasteiger partial charge on any atom is -0.484 e. The van der Waals surface area contributed by atoms with E-state index >= 15 is 0 Å². The van der Waals surface area contributed by atoms with Crippen LogP contribution in [0.4, 0.5) is 0 Å². The molecule has 0 bridgehead atoms. The van der Waals surface area contributed by atoms with Crippen LogP contribution in [-0.4, -0.2) is 12.5 Å². The summed E-state index contributed by atoms with van der Waals surface area (Å²) in [5.41, 5.74) is 7.63. The van der Waals surface area contributed by atoms with Crippen LogP contribution in [0.25, 0.3) is 0 Å². The Kier molecular flexibility index (Phi) is 5.35. The molecule has 0 fully saturated rings. The van der Waals surface area contributed by atoms with E-state index in [0.717, 1.165) is 11.1 Å². The lowest BCUT2D eigenvalue weighted by Gasteiger charge is -2.14. The molecule has 1 atom stereocenters. The molecule has 3 N–H and O–H groups in total. The van der Waals surface area contributed by atoms with E-state index < -0.39 is 0 Å². The molecule has 0 saturated carbocycles. The lowest BCUT2D eigenvalue weighted by atomic mass is 10.1. The Morgan fingerprint density at radius 1 is 1.14 bits per heavy atom. The lowest BCUT2D eigenvalue weighted by Crippen LogP contribution is -2.31. The van der Waals surface area contributed by atoms with Gasteiger partial charge in [0, 0.05) is 6.54 Å². The van der Waals surface area contributed by atoms with Crippen molar-refractivity contribution in [2.24, 2.45) is 5.73 Å². The van der Waals surface area contributed by atoms with E-state index in [-0.39, 0.29) is 18.6 Å². The quantitative estimate of drug-likeness (QED) is 0.856. The van der Waals surface area contributed by atoms with Crippen molar-refractivity contribution in [3.8, 4) is 5.75 Å². The van der Waals surface area contributed by atoms with Gasteiger partial charge in [0.15, 0.2) is 6.61 Å². The number of rotatable bonds is 6. The Hall–Kier alpha value is -2.33. The van der Waals surface area contributed by atoms with Gasteiger partial charge in [0.25, 0.3) is 5.91 Å². The van der Waals surface area contributed by atoms with Crippen LogP contribution in [0.5, 0.6) is 5.75 Å². The van der Waals surface area contributed by atoms with Crippen LogP contribution in [0.3, 0.4) is 0 Å². The molecule has 2 rings (SSSR count). The number of hydrogen-bond acceptors (Lipinski definition) is 3. The largest absolute Gasteiger partial charge is 0.484 e. The van der Waals surface area contributed by atoms with Gasteiger partial charge in [0.1, 0.15) is 5.75 Å². The highest BCUT2D eigenvalue weighted by Gasteiger charge is 2.09. The number of nitrogens with two attached hydrogens (primary N) is 1. The fraction of sp³-hybridized carbons (Fsp3) is 0.235. The first-order chi connectivity index (χ1) is 10.2. The topological polar surface area (TPSA) is 64.3 Å². The van der Waals surface area contributed by atoms with Gasteiger partial charge in [-0.15, -0.1) is 0 Å². The molecule has 0 aliphatic carbocycles. The Balaban J connectivity index is 1.81. The van der Waals surface area contributed by atoms with Gasteiger partial charge >= 0.3 is 0 Å². The molecule has 0 aliphatic rings. The summed E-state index contributed by atoms with van der Waals surface area (Å²) in [5.74, 6) is 0.518. The van der Waals surface area contributed by atoms with Gasteiger partial charge in [-0.1, -0.05) is 42.5 Å². The van der Waals surface area contributed by atoms with Crippen LogP contribution in [0, 0.1) is 0 Å². The summed E-state index contributed by atoms with van der Waals surface area (Å²) in [6.45, 7) is 2.44. The van der Waals surface area contributed by atoms with Crippen LogP contribution >= 0.6 is 0 Å². The Labute approximate surface area is 124 Å². The van der Waals surface area contributed by atoms with Crippen molar-refractivity contribution >= 4 is 5.91 Å². The summed E-state index contributed by atoms with van der Waals surface area (Å²) in [4.78, 5) is 11.9. The summed E-state index contributed by atoms with van der Waals surface area (Å²) in [7, 11) is 0. The van der Waals surface area contributed by atoms with Gasteiger partial charge in [-0.05, 0) is 30.2 Å². The molecule has 4 nitrogen and oxygen atoms in total. The third-order valence-corrected chi connectivity index (χ3v) is 3.21. The monoisotopic (exact) mass is 284 g/mol. The van der Waals surface area contributed by atoms with E-state index in [4.69, 9.17) is 10.5 Å². The second kappa shape index (κ2) is 7.45. The van der Waals surface area contributed by atoms with E-state index in [9.17, 15) is 4.79 Å². The van der Waals surface area contributed by atoms with Crippen molar-refractivity contribution in [3.05, 3.63) is 65.7 Å². The molecule has 0 aliphatic heterocycles. The molecule has 0 heterocycles. The third kappa shape index (κ3) is 4.61. The first-order valence-corrected chi connectivity index (χ1v) is 6.95. The maximum Gasteiger partial charge on any atom is 0.258 e. The van der Waals surface area contributed by atoms with Crippen LogP contribution in [0.15, 0.2) is 54.6 Å². The molecule has 0 unspecified atom stereocenters. The minimum absolute atomic E-state index is 0.000848. The van der Waals surface area contributed by atoms with E-state index in [1.54, 1.807) is 0 Å². The highest BCUT2D eigenvalue weighted by molar-refractivity contribution is 5.78. The fourth-order valence-electron chi connectivity index (χ4n) is 1.98. The Bertz CT molecular complexity index is 567. The van der Waals surface area contributed by atoms with Crippen molar-refractivity contribution in [3.63, 3.8) is 0 Å². The van der Waals surface area contributed by atoms with Crippen LogP contribution in [0.2, 0.25) is 0 Å². The van der Waals surface area contributed by atoms with E-state index in [1.807, 2.05) is 61.5 Å². The van der Waals surface area contributed by atoms with Gasteiger partial charge in [-0.25, -0.2) is 0 Å². The number of carbonyl (C=O) groups excluding carboxylic acids is 1. The predicted octanol–water partition coefficient (Wildman–Crippen LogP) is 2.40. The van der Waals surface area contributed by atoms with Crippen molar-refractivity contribution < 1.29 is 9.53 Å². The molecule has 2 aromatic rings. The summed E-state index contributed by atoms with van der Waals surface area (Å²) in [5, 5.41) is 2.91. The van der Waals surface area contributed by atoms with Crippen LogP contribution in [-0.2, 0) is 11.3 Å². The number of amides is 1.